The van der Waals surface area contributed by atoms with E-state index in [0.717, 1.165) is 21.5 Å². The molecule has 5 aromatic carbocycles. The second-order valence-corrected chi connectivity index (χ2v) is 12.4. The topological polar surface area (TPSA) is 54.4 Å². The molecule has 0 aromatic heterocycles. The van der Waals surface area contributed by atoms with Crippen LogP contribution in [0.3, 0.4) is 0 Å². The first kappa shape index (κ1) is 24.2. The lowest BCUT2D eigenvalue weighted by Gasteiger charge is -2.25. The van der Waals surface area contributed by atoms with E-state index < -0.39 is 11.9 Å². The van der Waals surface area contributed by atoms with Gasteiger partial charge < -0.3 is 5.11 Å². The highest BCUT2D eigenvalue weighted by Gasteiger charge is 2.24. The highest BCUT2D eigenvalue weighted by molar-refractivity contribution is 6.34. The fourth-order valence-corrected chi connectivity index (χ4v) is 5.38. The fraction of sp³-hybridized carbons (Fsp3) is 0.333. The number of carbonyl (C=O) groups is 2. The normalized spacial score (nSPS) is 13.8. The van der Waals surface area contributed by atoms with Crippen molar-refractivity contribution in [2.75, 3.05) is 0 Å². The fourth-order valence-electron chi connectivity index (χ4n) is 5.38. The van der Waals surface area contributed by atoms with Gasteiger partial charge in [0, 0.05) is 12.0 Å². The summed E-state index contributed by atoms with van der Waals surface area (Å²) >= 11 is 0. The van der Waals surface area contributed by atoms with Crippen LogP contribution in [0.2, 0.25) is 0 Å². The minimum atomic E-state index is -0.948. The molecule has 184 valence electrons. The molecule has 1 unspecified atom stereocenters. The Labute approximate surface area is 212 Å². The quantitative estimate of drug-likeness (QED) is 0.160. The van der Waals surface area contributed by atoms with Crippen LogP contribution in [0.5, 0.6) is 0 Å². The zero-order valence-electron chi connectivity index (χ0n) is 22.2. The SMILES string of the molecule is CC(CC(=O)c1ccc2c3cc(C(C)(C)C)cc4cc(C(C)(C)C)cc(c5cccc1c52)c43)C(=O)O. The highest BCUT2D eigenvalue weighted by atomic mass is 16.4. The van der Waals surface area contributed by atoms with Crippen LogP contribution in [0, 0.1) is 5.92 Å². The number of carbonyl (C=O) groups excluding carboxylic acids is 1. The van der Waals surface area contributed by atoms with Crippen LogP contribution in [0.25, 0.3) is 43.1 Å². The van der Waals surface area contributed by atoms with Crippen molar-refractivity contribution in [2.24, 2.45) is 5.92 Å². The molecular formula is C33H34O3. The number of ketones is 1. The minimum absolute atomic E-state index is 0.0114. The third-order valence-electron chi connectivity index (χ3n) is 7.62. The molecule has 36 heavy (non-hydrogen) atoms. The van der Waals surface area contributed by atoms with E-state index in [1.165, 1.54) is 32.7 Å². The van der Waals surface area contributed by atoms with E-state index in [9.17, 15) is 14.7 Å². The summed E-state index contributed by atoms with van der Waals surface area (Å²) in [4.78, 5) is 24.7. The number of hydrogen-bond acceptors (Lipinski definition) is 2. The Morgan fingerprint density at radius 2 is 1.25 bits per heavy atom. The van der Waals surface area contributed by atoms with Crippen molar-refractivity contribution in [3.63, 3.8) is 0 Å². The second kappa shape index (κ2) is 8.03. The van der Waals surface area contributed by atoms with Gasteiger partial charge in [0.1, 0.15) is 0 Å². The van der Waals surface area contributed by atoms with Crippen molar-refractivity contribution in [3.05, 3.63) is 71.3 Å². The first-order valence-corrected chi connectivity index (χ1v) is 12.7. The van der Waals surface area contributed by atoms with Crippen LogP contribution in [0.4, 0.5) is 0 Å². The van der Waals surface area contributed by atoms with Crippen LogP contribution >= 0.6 is 0 Å². The molecule has 0 radical (unpaired) electrons. The number of carboxylic acids is 1. The molecular weight excluding hydrogens is 444 g/mol. The van der Waals surface area contributed by atoms with Gasteiger partial charge in [0.25, 0.3) is 0 Å². The number of aliphatic carboxylic acids is 1. The molecule has 3 nitrogen and oxygen atoms in total. The van der Waals surface area contributed by atoms with Crippen molar-refractivity contribution in [1.82, 2.24) is 0 Å². The summed E-state index contributed by atoms with van der Waals surface area (Å²) in [6.07, 6.45) is -0.0114. The average molecular weight is 479 g/mol. The number of benzene rings is 5. The molecule has 5 rings (SSSR count). The molecule has 1 N–H and O–H groups in total. The van der Waals surface area contributed by atoms with Gasteiger partial charge in [-0.3, -0.25) is 9.59 Å². The first-order valence-electron chi connectivity index (χ1n) is 12.7. The predicted molar refractivity (Wildman–Crippen MR) is 151 cm³/mol. The molecule has 0 saturated carbocycles. The summed E-state index contributed by atoms with van der Waals surface area (Å²) in [6.45, 7) is 15.0. The monoisotopic (exact) mass is 478 g/mol. The lowest BCUT2D eigenvalue weighted by molar-refractivity contribution is -0.141. The number of hydrogen-bond donors (Lipinski definition) is 1. The Balaban J connectivity index is 1.94. The van der Waals surface area contributed by atoms with E-state index in [4.69, 9.17) is 0 Å². The third-order valence-corrected chi connectivity index (χ3v) is 7.62. The molecule has 3 heteroatoms. The lowest BCUT2D eigenvalue weighted by Crippen LogP contribution is -2.15. The van der Waals surface area contributed by atoms with Gasteiger partial charge in [0.15, 0.2) is 5.78 Å². The molecule has 0 amide bonds. The Morgan fingerprint density at radius 3 is 1.78 bits per heavy atom. The lowest BCUT2D eigenvalue weighted by atomic mass is 9.79. The van der Waals surface area contributed by atoms with Crippen LogP contribution in [0.1, 0.15) is 76.4 Å². The summed E-state index contributed by atoms with van der Waals surface area (Å²) in [5, 5.41) is 18.5. The van der Waals surface area contributed by atoms with Gasteiger partial charge >= 0.3 is 5.97 Å². The van der Waals surface area contributed by atoms with Gasteiger partial charge in [-0.2, -0.15) is 0 Å². The molecule has 0 aliphatic heterocycles. The molecule has 0 fully saturated rings. The standard InChI is InChI=1S/C33H34O3/c1-18(31(35)36)13-28(34)22-11-12-25-27-17-21(33(5,6)7)15-19-14-20(32(2,3)4)16-26(29(19)27)24-10-8-9-23(22)30(24)25/h8-12,14-18H,13H2,1-7H3,(H,35,36). The number of Topliss-reactive ketones (excluding diaryl/α,β-unsaturated/α-hetero) is 1. The Morgan fingerprint density at radius 1 is 0.722 bits per heavy atom. The van der Waals surface area contributed by atoms with E-state index >= 15 is 0 Å². The van der Waals surface area contributed by atoms with Gasteiger partial charge in [0.05, 0.1) is 5.92 Å². The van der Waals surface area contributed by atoms with E-state index in [2.05, 4.69) is 77.9 Å². The molecule has 0 saturated heterocycles. The van der Waals surface area contributed by atoms with Gasteiger partial charge in [-0.15, -0.1) is 0 Å². The van der Waals surface area contributed by atoms with Crippen LogP contribution < -0.4 is 0 Å². The third kappa shape index (κ3) is 3.82. The number of rotatable bonds is 4. The molecule has 5 aromatic rings. The predicted octanol–water partition coefficient (Wildman–Crippen LogP) is 8.63. The second-order valence-electron chi connectivity index (χ2n) is 12.4. The van der Waals surface area contributed by atoms with Gasteiger partial charge in [0.2, 0.25) is 0 Å². The number of carboxylic acid groups (broad SMARTS) is 1. The molecule has 1 atom stereocenters. The molecule has 0 aliphatic rings. The molecule has 0 bridgehead atoms. The number of fused-ring (bicyclic) bond motifs is 2. The Bertz CT molecular complexity index is 1610. The smallest absolute Gasteiger partial charge is 0.306 e. The van der Waals surface area contributed by atoms with Crippen molar-refractivity contribution >= 4 is 54.8 Å². The zero-order chi connectivity index (χ0) is 26.2. The molecule has 0 heterocycles. The van der Waals surface area contributed by atoms with Crippen LogP contribution in [0.15, 0.2) is 54.6 Å². The minimum Gasteiger partial charge on any atom is -0.481 e. The maximum atomic E-state index is 13.2. The maximum absolute atomic E-state index is 13.2. The summed E-state index contributed by atoms with van der Waals surface area (Å²) in [5.41, 5.74) is 3.14. The average Bonchev–Trinajstić information content (AvgIpc) is 2.79. The van der Waals surface area contributed by atoms with Crippen molar-refractivity contribution in [1.29, 1.82) is 0 Å². The van der Waals surface area contributed by atoms with Gasteiger partial charge in [-0.1, -0.05) is 90.9 Å². The van der Waals surface area contributed by atoms with E-state index in [1.807, 2.05) is 18.2 Å². The Hall–Kier alpha value is -3.46. The largest absolute Gasteiger partial charge is 0.481 e. The summed E-state index contributed by atoms with van der Waals surface area (Å²) < 4.78 is 0. The molecule has 0 spiro atoms. The van der Waals surface area contributed by atoms with E-state index in [0.29, 0.717) is 5.56 Å². The highest BCUT2D eigenvalue weighted by Crippen LogP contribution is 2.44. The first-order chi connectivity index (χ1) is 16.8. The van der Waals surface area contributed by atoms with Crippen LogP contribution in [-0.4, -0.2) is 16.9 Å². The van der Waals surface area contributed by atoms with E-state index in [-0.39, 0.29) is 23.0 Å². The summed E-state index contributed by atoms with van der Waals surface area (Å²) in [6, 6.07) is 19.5. The van der Waals surface area contributed by atoms with Gasteiger partial charge in [-0.05, 0) is 77.2 Å². The van der Waals surface area contributed by atoms with Crippen molar-refractivity contribution in [3.8, 4) is 0 Å². The van der Waals surface area contributed by atoms with Gasteiger partial charge in [-0.25, -0.2) is 0 Å². The summed E-state index contributed by atoms with van der Waals surface area (Å²) in [7, 11) is 0. The van der Waals surface area contributed by atoms with Crippen molar-refractivity contribution < 1.29 is 14.7 Å². The van der Waals surface area contributed by atoms with Crippen molar-refractivity contribution in [2.45, 2.75) is 65.7 Å². The molecule has 0 aliphatic carbocycles. The van der Waals surface area contributed by atoms with Crippen LogP contribution in [-0.2, 0) is 15.6 Å². The van der Waals surface area contributed by atoms with E-state index in [1.54, 1.807) is 6.92 Å². The maximum Gasteiger partial charge on any atom is 0.306 e. The summed E-state index contributed by atoms with van der Waals surface area (Å²) in [5.74, 6) is -1.80. The Kier molecular flexibility index (Phi) is 5.41. The zero-order valence-corrected chi connectivity index (χ0v) is 22.2.